The van der Waals surface area contributed by atoms with Crippen LogP contribution in [0, 0.1) is 17.3 Å². The lowest BCUT2D eigenvalue weighted by Gasteiger charge is -2.07. The Kier molecular flexibility index (Phi) is 3.40. The van der Waals surface area contributed by atoms with Gasteiger partial charge in [-0.1, -0.05) is 0 Å². The summed E-state index contributed by atoms with van der Waals surface area (Å²) in [6.07, 6.45) is -3.00. The standard InChI is InChI=1S/C7H2ClF3N2O2S/c8-16(14,15)4-2-13-7(11)3(1-12)5(4)6(9)10/h2,6H. The largest absolute Gasteiger partial charge is 0.266 e. The minimum Gasteiger partial charge on any atom is -0.226 e. The van der Waals surface area contributed by atoms with Crippen LogP contribution in [0.5, 0.6) is 0 Å². The van der Waals surface area contributed by atoms with E-state index >= 15 is 0 Å². The Bertz CT molecular complexity index is 568. The normalized spacial score (nSPS) is 11.5. The minimum atomic E-state index is -4.52. The molecule has 1 aromatic heterocycles. The van der Waals surface area contributed by atoms with Gasteiger partial charge in [0, 0.05) is 10.7 Å². The molecular formula is C7H2ClF3N2O2S. The van der Waals surface area contributed by atoms with Crippen molar-refractivity contribution in [1.82, 2.24) is 4.98 Å². The molecule has 0 unspecified atom stereocenters. The van der Waals surface area contributed by atoms with Crippen LogP contribution in [0.2, 0.25) is 0 Å². The zero-order valence-corrected chi connectivity index (χ0v) is 8.86. The molecule has 0 atom stereocenters. The SMILES string of the molecule is N#Cc1c(F)ncc(S(=O)(=O)Cl)c1C(F)F. The molecule has 0 bridgehead atoms. The van der Waals surface area contributed by atoms with E-state index in [0.717, 1.165) is 6.07 Å². The molecular weight excluding hydrogens is 269 g/mol. The quantitative estimate of drug-likeness (QED) is 0.608. The lowest BCUT2D eigenvalue weighted by atomic mass is 10.1. The van der Waals surface area contributed by atoms with Gasteiger partial charge in [0.05, 0.1) is 11.8 Å². The molecule has 0 aliphatic heterocycles. The van der Waals surface area contributed by atoms with Gasteiger partial charge in [0.15, 0.2) is 0 Å². The van der Waals surface area contributed by atoms with Crippen molar-refractivity contribution in [2.75, 3.05) is 0 Å². The molecule has 0 fully saturated rings. The first-order valence-electron chi connectivity index (χ1n) is 3.60. The van der Waals surface area contributed by atoms with Gasteiger partial charge in [0.25, 0.3) is 15.5 Å². The van der Waals surface area contributed by atoms with E-state index in [1.54, 1.807) is 0 Å². The monoisotopic (exact) mass is 270 g/mol. The van der Waals surface area contributed by atoms with Crippen molar-refractivity contribution in [2.45, 2.75) is 11.3 Å². The van der Waals surface area contributed by atoms with E-state index in [0.29, 0.717) is 6.20 Å². The summed E-state index contributed by atoms with van der Waals surface area (Å²) < 4.78 is 59.7. The maximum absolute atomic E-state index is 12.9. The van der Waals surface area contributed by atoms with Crippen LogP contribution >= 0.6 is 10.7 Å². The third-order valence-corrected chi connectivity index (χ3v) is 2.98. The van der Waals surface area contributed by atoms with Gasteiger partial charge >= 0.3 is 0 Å². The van der Waals surface area contributed by atoms with E-state index in [1.165, 1.54) is 0 Å². The highest BCUT2D eigenvalue weighted by molar-refractivity contribution is 8.13. The molecule has 9 heteroatoms. The van der Waals surface area contributed by atoms with E-state index in [-0.39, 0.29) is 0 Å². The highest BCUT2D eigenvalue weighted by Crippen LogP contribution is 2.31. The number of hydrogen-bond donors (Lipinski definition) is 0. The van der Waals surface area contributed by atoms with Crippen LogP contribution in [0.3, 0.4) is 0 Å². The van der Waals surface area contributed by atoms with Gasteiger partial charge in [-0.2, -0.15) is 9.65 Å². The zero-order valence-electron chi connectivity index (χ0n) is 7.29. The van der Waals surface area contributed by atoms with Crippen molar-refractivity contribution < 1.29 is 21.6 Å². The molecule has 0 saturated heterocycles. The van der Waals surface area contributed by atoms with Gasteiger partial charge in [0.1, 0.15) is 16.5 Å². The average Bonchev–Trinajstić information content (AvgIpc) is 2.14. The van der Waals surface area contributed by atoms with Gasteiger partial charge in [-0.3, -0.25) is 0 Å². The van der Waals surface area contributed by atoms with Gasteiger partial charge < -0.3 is 0 Å². The molecule has 0 amide bonds. The van der Waals surface area contributed by atoms with Crippen LogP contribution < -0.4 is 0 Å². The molecule has 0 aliphatic rings. The highest BCUT2D eigenvalue weighted by atomic mass is 35.7. The Morgan fingerprint density at radius 2 is 2.06 bits per heavy atom. The lowest BCUT2D eigenvalue weighted by Crippen LogP contribution is -2.06. The zero-order chi connectivity index (χ0) is 12.5. The molecule has 0 aromatic carbocycles. The average molecular weight is 271 g/mol. The summed E-state index contributed by atoms with van der Waals surface area (Å²) in [5.74, 6) is -1.47. The number of alkyl halides is 2. The summed E-state index contributed by atoms with van der Waals surface area (Å²) in [5, 5.41) is 8.44. The first-order chi connectivity index (χ1) is 7.29. The van der Waals surface area contributed by atoms with Crippen LogP contribution in [-0.2, 0) is 9.05 Å². The van der Waals surface area contributed by atoms with Crippen molar-refractivity contribution in [2.24, 2.45) is 0 Å². The molecule has 1 heterocycles. The Labute approximate surface area is 92.7 Å². The number of nitrogens with zero attached hydrogens (tertiary/aromatic N) is 2. The number of aromatic nitrogens is 1. The van der Waals surface area contributed by atoms with E-state index in [1.807, 2.05) is 0 Å². The van der Waals surface area contributed by atoms with Crippen molar-refractivity contribution in [3.8, 4) is 6.07 Å². The number of rotatable bonds is 2. The summed E-state index contributed by atoms with van der Waals surface area (Å²) in [5.41, 5.74) is -2.40. The molecule has 0 radical (unpaired) electrons. The first-order valence-corrected chi connectivity index (χ1v) is 5.91. The van der Waals surface area contributed by atoms with E-state index in [9.17, 15) is 21.6 Å². The summed E-state index contributed by atoms with van der Waals surface area (Å²) >= 11 is 0. The molecule has 1 rings (SSSR count). The Morgan fingerprint density at radius 3 is 2.44 bits per heavy atom. The summed E-state index contributed by atoms with van der Waals surface area (Å²) in [4.78, 5) is 1.81. The fourth-order valence-corrected chi connectivity index (χ4v) is 2.00. The van der Waals surface area contributed by atoms with Gasteiger partial charge in [-0.05, 0) is 0 Å². The summed E-state index contributed by atoms with van der Waals surface area (Å²) in [7, 11) is 0.340. The fraction of sp³-hybridized carbons (Fsp3) is 0.143. The molecule has 0 aliphatic carbocycles. The molecule has 4 nitrogen and oxygen atoms in total. The molecule has 1 aromatic rings. The number of nitriles is 1. The van der Waals surface area contributed by atoms with Gasteiger partial charge in [0.2, 0.25) is 5.95 Å². The highest BCUT2D eigenvalue weighted by Gasteiger charge is 2.28. The van der Waals surface area contributed by atoms with Crippen molar-refractivity contribution >= 4 is 19.7 Å². The molecule has 0 N–H and O–H groups in total. The van der Waals surface area contributed by atoms with Gasteiger partial charge in [-0.15, -0.1) is 0 Å². The topological polar surface area (TPSA) is 70.8 Å². The van der Waals surface area contributed by atoms with Crippen LogP contribution in [-0.4, -0.2) is 13.4 Å². The smallest absolute Gasteiger partial charge is 0.226 e. The van der Waals surface area contributed by atoms with Crippen LogP contribution in [0.25, 0.3) is 0 Å². The van der Waals surface area contributed by atoms with Crippen LogP contribution in [0.1, 0.15) is 17.6 Å². The molecule has 86 valence electrons. The molecule has 0 spiro atoms. The third kappa shape index (κ3) is 2.25. The Morgan fingerprint density at radius 1 is 1.50 bits per heavy atom. The second kappa shape index (κ2) is 4.27. The Hall–Kier alpha value is -1.33. The predicted molar refractivity (Wildman–Crippen MR) is 46.9 cm³/mol. The summed E-state index contributed by atoms with van der Waals surface area (Å²) in [6.45, 7) is 0. The maximum atomic E-state index is 12.9. The second-order valence-corrected chi connectivity index (χ2v) is 5.09. The molecule has 0 saturated carbocycles. The number of halogens is 4. The van der Waals surface area contributed by atoms with Crippen LogP contribution in [0.4, 0.5) is 13.2 Å². The number of hydrogen-bond acceptors (Lipinski definition) is 4. The van der Waals surface area contributed by atoms with Crippen molar-refractivity contribution in [3.63, 3.8) is 0 Å². The predicted octanol–water partition coefficient (Wildman–Crippen LogP) is 1.96. The Balaban J connectivity index is 3.74. The third-order valence-electron chi connectivity index (χ3n) is 1.63. The van der Waals surface area contributed by atoms with Crippen molar-refractivity contribution in [1.29, 1.82) is 5.26 Å². The molecule has 16 heavy (non-hydrogen) atoms. The van der Waals surface area contributed by atoms with E-state index in [2.05, 4.69) is 4.98 Å². The maximum Gasteiger partial charge on any atom is 0.266 e. The number of pyridine rings is 1. The summed E-state index contributed by atoms with van der Waals surface area (Å²) in [6, 6.07) is 1.12. The van der Waals surface area contributed by atoms with E-state index < -0.39 is 37.4 Å². The first kappa shape index (κ1) is 12.7. The van der Waals surface area contributed by atoms with E-state index in [4.69, 9.17) is 15.9 Å². The van der Waals surface area contributed by atoms with Crippen LogP contribution in [0.15, 0.2) is 11.1 Å². The lowest BCUT2D eigenvalue weighted by molar-refractivity contribution is 0.146. The van der Waals surface area contributed by atoms with Crippen molar-refractivity contribution in [3.05, 3.63) is 23.3 Å². The minimum absolute atomic E-state index is 0.347. The van der Waals surface area contributed by atoms with Gasteiger partial charge in [-0.25, -0.2) is 22.2 Å². The second-order valence-electron chi connectivity index (χ2n) is 2.55. The fourth-order valence-electron chi connectivity index (χ4n) is 1.00.